The van der Waals surface area contributed by atoms with Crippen LogP contribution in [0.1, 0.15) is 46.5 Å². The van der Waals surface area contributed by atoms with Gasteiger partial charge >= 0.3 is 0 Å². The molecule has 2 nitrogen and oxygen atoms in total. The van der Waals surface area contributed by atoms with E-state index in [4.69, 9.17) is 5.11 Å². The average Bonchev–Trinajstić information content (AvgIpc) is 2.03. The van der Waals surface area contributed by atoms with E-state index in [0.717, 1.165) is 12.8 Å². The van der Waals surface area contributed by atoms with Crippen molar-refractivity contribution >= 4 is 5.78 Å². The molecule has 0 spiro atoms. The molecule has 0 aliphatic rings. The Bertz CT molecular complexity index is 130. The van der Waals surface area contributed by atoms with E-state index < -0.39 is 6.10 Å². The number of hydrogen-bond donors (Lipinski definition) is 1. The van der Waals surface area contributed by atoms with Crippen molar-refractivity contribution in [3.8, 4) is 0 Å². The number of hydrogen-bond acceptors (Lipinski definition) is 2. The summed E-state index contributed by atoms with van der Waals surface area (Å²) in [5, 5.41) is 8.89. The van der Waals surface area contributed by atoms with Gasteiger partial charge in [-0.05, 0) is 19.3 Å². The maximum atomic E-state index is 11.0. The lowest BCUT2D eigenvalue weighted by molar-refractivity contribution is -0.126. The van der Waals surface area contributed by atoms with Crippen molar-refractivity contribution in [3.63, 3.8) is 0 Å². The molecule has 72 valence electrons. The number of aliphatic hydroxyl groups excluding tert-OH is 1. The van der Waals surface area contributed by atoms with Crippen LogP contribution < -0.4 is 0 Å². The van der Waals surface area contributed by atoms with E-state index in [2.05, 4.69) is 13.8 Å². The third-order valence-corrected chi connectivity index (χ3v) is 2.28. The van der Waals surface area contributed by atoms with Crippen LogP contribution in [0, 0.1) is 5.92 Å². The number of carbonyl (C=O) groups is 1. The van der Waals surface area contributed by atoms with Crippen LogP contribution >= 0.6 is 0 Å². The van der Waals surface area contributed by atoms with Crippen molar-refractivity contribution in [1.82, 2.24) is 0 Å². The minimum atomic E-state index is -0.776. The molecule has 2 atom stereocenters. The molecule has 0 aromatic carbocycles. The molecule has 0 saturated carbocycles. The Hall–Kier alpha value is -0.370. The lowest BCUT2D eigenvalue weighted by Crippen LogP contribution is -2.15. The number of rotatable bonds is 6. The molecule has 2 heteroatoms. The second-order valence-corrected chi connectivity index (χ2v) is 3.55. The predicted octanol–water partition coefficient (Wildman–Crippen LogP) is 2.15. The van der Waals surface area contributed by atoms with Gasteiger partial charge in [0, 0.05) is 6.42 Å². The third-order valence-electron chi connectivity index (χ3n) is 2.28. The average molecular weight is 172 g/mol. The SMILES string of the molecule is CCC(C)CCCC(=O)C(C)O. The summed E-state index contributed by atoms with van der Waals surface area (Å²) in [6.45, 7) is 5.87. The molecule has 12 heavy (non-hydrogen) atoms. The Kier molecular flexibility index (Phi) is 5.99. The van der Waals surface area contributed by atoms with Gasteiger partial charge in [-0.25, -0.2) is 0 Å². The van der Waals surface area contributed by atoms with Gasteiger partial charge in [-0.3, -0.25) is 4.79 Å². The van der Waals surface area contributed by atoms with Crippen molar-refractivity contribution in [2.24, 2.45) is 5.92 Å². The standard InChI is InChI=1S/C10H20O2/c1-4-8(2)6-5-7-10(12)9(3)11/h8-9,11H,4-7H2,1-3H3. The maximum Gasteiger partial charge on any atom is 0.160 e. The predicted molar refractivity (Wildman–Crippen MR) is 50.0 cm³/mol. The highest BCUT2D eigenvalue weighted by atomic mass is 16.3. The van der Waals surface area contributed by atoms with Crippen LogP contribution in [0.4, 0.5) is 0 Å². The second kappa shape index (κ2) is 6.18. The highest BCUT2D eigenvalue weighted by molar-refractivity contribution is 5.82. The summed E-state index contributed by atoms with van der Waals surface area (Å²) < 4.78 is 0. The molecule has 0 aliphatic carbocycles. The molecule has 0 rings (SSSR count). The lowest BCUT2D eigenvalue weighted by Gasteiger charge is -2.07. The molecule has 0 radical (unpaired) electrons. The fraction of sp³-hybridized carbons (Fsp3) is 0.900. The van der Waals surface area contributed by atoms with E-state index in [1.807, 2.05) is 0 Å². The van der Waals surface area contributed by atoms with E-state index in [1.54, 1.807) is 0 Å². The maximum absolute atomic E-state index is 11.0. The van der Waals surface area contributed by atoms with Gasteiger partial charge in [0.05, 0.1) is 0 Å². The van der Waals surface area contributed by atoms with Gasteiger partial charge in [0.2, 0.25) is 0 Å². The molecule has 0 saturated heterocycles. The summed E-state index contributed by atoms with van der Waals surface area (Å²) in [5.41, 5.74) is 0. The zero-order chi connectivity index (χ0) is 9.56. The molecule has 0 amide bonds. The molecular formula is C10H20O2. The normalized spacial score (nSPS) is 15.7. The Morgan fingerprint density at radius 3 is 2.42 bits per heavy atom. The first-order valence-electron chi connectivity index (χ1n) is 4.78. The monoisotopic (exact) mass is 172 g/mol. The van der Waals surface area contributed by atoms with Crippen LogP contribution in [0.25, 0.3) is 0 Å². The second-order valence-electron chi connectivity index (χ2n) is 3.55. The minimum Gasteiger partial charge on any atom is -0.386 e. The Balaban J connectivity index is 3.37. The highest BCUT2D eigenvalue weighted by Crippen LogP contribution is 2.11. The van der Waals surface area contributed by atoms with Gasteiger partial charge in [-0.1, -0.05) is 26.7 Å². The first kappa shape index (κ1) is 11.6. The van der Waals surface area contributed by atoms with E-state index >= 15 is 0 Å². The van der Waals surface area contributed by atoms with Gasteiger partial charge in [0.15, 0.2) is 5.78 Å². The van der Waals surface area contributed by atoms with E-state index in [1.165, 1.54) is 13.3 Å². The largest absolute Gasteiger partial charge is 0.386 e. The van der Waals surface area contributed by atoms with E-state index in [-0.39, 0.29) is 5.78 Å². The van der Waals surface area contributed by atoms with Crippen LogP contribution in [-0.2, 0) is 4.79 Å². The highest BCUT2D eigenvalue weighted by Gasteiger charge is 2.08. The molecule has 0 aliphatic heterocycles. The molecule has 0 fully saturated rings. The summed E-state index contributed by atoms with van der Waals surface area (Å²) in [6, 6.07) is 0. The van der Waals surface area contributed by atoms with Crippen LogP contribution in [0.2, 0.25) is 0 Å². The summed E-state index contributed by atoms with van der Waals surface area (Å²) in [6.07, 6.45) is 2.93. The van der Waals surface area contributed by atoms with Crippen LogP contribution in [0.5, 0.6) is 0 Å². The zero-order valence-corrected chi connectivity index (χ0v) is 8.34. The van der Waals surface area contributed by atoms with Gasteiger partial charge in [-0.15, -0.1) is 0 Å². The van der Waals surface area contributed by atoms with Gasteiger partial charge in [0.1, 0.15) is 6.10 Å². The van der Waals surface area contributed by atoms with Crippen molar-refractivity contribution in [3.05, 3.63) is 0 Å². The van der Waals surface area contributed by atoms with Crippen LogP contribution in [-0.4, -0.2) is 17.0 Å². The van der Waals surface area contributed by atoms with Crippen molar-refractivity contribution < 1.29 is 9.90 Å². The Labute approximate surface area is 75.0 Å². The first-order valence-corrected chi connectivity index (χ1v) is 4.78. The Morgan fingerprint density at radius 1 is 1.42 bits per heavy atom. The summed E-state index contributed by atoms with van der Waals surface area (Å²) in [7, 11) is 0. The number of Topliss-reactive ketones (excluding diaryl/α,β-unsaturated/α-hetero) is 1. The number of ketones is 1. The van der Waals surface area contributed by atoms with Crippen LogP contribution in [0.15, 0.2) is 0 Å². The van der Waals surface area contributed by atoms with Gasteiger partial charge in [-0.2, -0.15) is 0 Å². The first-order chi connectivity index (χ1) is 5.57. The molecule has 0 aromatic rings. The summed E-state index contributed by atoms with van der Waals surface area (Å²) >= 11 is 0. The van der Waals surface area contributed by atoms with Gasteiger partial charge in [0.25, 0.3) is 0 Å². The summed E-state index contributed by atoms with van der Waals surface area (Å²) in [5.74, 6) is 0.671. The lowest BCUT2D eigenvalue weighted by atomic mass is 10.00. The van der Waals surface area contributed by atoms with E-state index in [0.29, 0.717) is 12.3 Å². The zero-order valence-electron chi connectivity index (χ0n) is 8.34. The van der Waals surface area contributed by atoms with E-state index in [9.17, 15) is 4.79 Å². The summed E-state index contributed by atoms with van der Waals surface area (Å²) in [4.78, 5) is 11.0. The van der Waals surface area contributed by atoms with Crippen molar-refractivity contribution in [2.45, 2.75) is 52.6 Å². The third kappa shape index (κ3) is 5.30. The quantitative estimate of drug-likeness (QED) is 0.666. The number of carbonyl (C=O) groups excluding carboxylic acids is 1. The molecule has 0 bridgehead atoms. The molecular weight excluding hydrogens is 152 g/mol. The Morgan fingerprint density at radius 2 is 2.00 bits per heavy atom. The number of aliphatic hydroxyl groups is 1. The van der Waals surface area contributed by atoms with Crippen molar-refractivity contribution in [1.29, 1.82) is 0 Å². The van der Waals surface area contributed by atoms with Gasteiger partial charge < -0.3 is 5.11 Å². The molecule has 1 N–H and O–H groups in total. The van der Waals surface area contributed by atoms with Crippen molar-refractivity contribution in [2.75, 3.05) is 0 Å². The minimum absolute atomic E-state index is 0.0293. The van der Waals surface area contributed by atoms with Crippen LogP contribution in [0.3, 0.4) is 0 Å². The molecule has 0 heterocycles. The molecule has 0 aromatic heterocycles. The fourth-order valence-corrected chi connectivity index (χ4v) is 1.04. The molecule has 2 unspecified atom stereocenters. The topological polar surface area (TPSA) is 37.3 Å². The smallest absolute Gasteiger partial charge is 0.160 e. The fourth-order valence-electron chi connectivity index (χ4n) is 1.04.